The Morgan fingerprint density at radius 1 is 1.02 bits per heavy atom. The van der Waals surface area contributed by atoms with Gasteiger partial charge in [-0.3, -0.25) is 33.9 Å². The molecule has 0 radical (unpaired) electrons. The van der Waals surface area contributed by atoms with Gasteiger partial charge in [0, 0.05) is 17.7 Å². The van der Waals surface area contributed by atoms with E-state index in [1.54, 1.807) is 30.0 Å². The summed E-state index contributed by atoms with van der Waals surface area (Å²) in [5, 5.41) is 5.50. The zero-order valence-electron chi connectivity index (χ0n) is 23.2. The summed E-state index contributed by atoms with van der Waals surface area (Å²) in [4.78, 5) is 70.3. The number of piperidine rings is 1. The molecule has 2 aliphatic heterocycles. The maximum atomic E-state index is 13.5. The lowest BCUT2D eigenvalue weighted by Gasteiger charge is -2.24. The molecule has 1 fully saturated rings. The van der Waals surface area contributed by atoms with Crippen molar-refractivity contribution in [3.8, 4) is 0 Å². The molecule has 1 saturated heterocycles. The lowest BCUT2D eigenvalue weighted by Crippen LogP contribution is -2.45. The standard InChI is InChI=1S/C32H29N5O5/c1-3-22(19-11-13-21(14-12-19)36-17-20-7-4-5-8-23(20)31(36)41)29(39)34-25-10-6-9-24-28(25)33-18(2)37(32(24)42)26-15-16-27(38)35-30(26)40/h4-14,22,26H,3,15-17H2,1-2H3,(H,34,39)(H,35,38,40). The molecule has 1 aromatic heterocycles. The largest absolute Gasteiger partial charge is 0.324 e. The van der Waals surface area contributed by atoms with E-state index in [9.17, 15) is 24.0 Å². The summed E-state index contributed by atoms with van der Waals surface area (Å²) in [7, 11) is 0. The normalized spacial score (nSPS) is 17.2. The number of carbonyl (C=O) groups is 4. The van der Waals surface area contributed by atoms with E-state index < -0.39 is 23.4 Å². The molecule has 3 aromatic carbocycles. The summed E-state index contributed by atoms with van der Waals surface area (Å²) in [6.45, 7) is 4.05. The molecule has 42 heavy (non-hydrogen) atoms. The summed E-state index contributed by atoms with van der Waals surface area (Å²) >= 11 is 0. The highest BCUT2D eigenvalue weighted by Gasteiger charge is 2.31. The highest BCUT2D eigenvalue weighted by Crippen LogP contribution is 2.31. The van der Waals surface area contributed by atoms with Crippen LogP contribution in [0.15, 0.2) is 71.5 Å². The van der Waals surface area contributed by atoms with Crippen molar-refractivity contribution in [2.24, 2.45) is 0 Å². The fourth-order valence-electron chi connectivity index (χ4n) is 5.87. The first-order valence-electron chi connectivity index (χ1n) is 13.9. The van der Waals surface area contributed by atoms with Gasteiger partial charge < -0.3 is 10.2 Å². The van der Waals surface area contributed by atoms with Gasteiger partial charge >= 0.3 is 0 Å². The smallest absolute Gasteiger partial charge is 0.262 e. The number of aromatic nitrogens is 2. The first kappa shape index (κ1) is 27.1. The van der Waals surface area contributed by atoms with Gasteiger partial charge in [0.25, 0.3) is 11.5 Å². The molecule has 3 heterocycles. The van der Waals surface area contributed by atoms with Crippen LogP contribution in [-0.2, 0) is 20.9 Å². The molecule has 4 aromatic rings. The van der Waals surface area contributed by atoms with Crippen molar-refractivity contribution in [2.45, 2.75) is 51.6 Å². The molecule has 0 spiro atoms. The van der Waals surface area contributed by atoms with E-state index in [0.29, 0.717) is 35.6 Å². The predicted octanol–water partition coefficient (Wildman–Crippen LogP) is 3.98. The van der Waals surface area contributed by atoms with E-state index >= 15 is 0 Å². The third-order valence-electron chi connectivity index (χ3n) is 8.04. The SMILES string of the molecule is CCC(C(=O)Nc1cccc2c(=O)n(C3CCC(=O)NC3=O)c(C)nc12)c1ccc(N2Cc3ccccc3C2=O)cc1. The van der Waals surface area contributed by atoms with Crippen LogP contribution in [0.25, 0.3) is 10.9 Å². The van der Waals surface area contributed by atoms with Crippen molar-refractivity contribution in [3.63, 3.8) is 0 Å². The number of anilines is 2. The molecule has 2 N–H and O–H groups in total. The van der Waals surface area contributed by atoms with E-state index in [0.717, 1.165) is 16.8 Å². The Morgan fingerprint density at radius 2 is 1.79 bits per heavy atom. The van der Waals surface area contributed by atoms with Crippen LogP contribution in [-0.4, -0.2) is 33.2 Å². The zero-order valence-corrected chi connectivity index (χ0v) is 23.2. The Hall–Kier alpha value is -5.12. The second kappa shape index (κ2) is 10.7. The predicted molar refractivity (Wildman–Crippen MR) is 157 cm³/mol. The summed E-state index contributed by atoms with van der Waals surface area (Å²) in [5.74, 6) is -1.36. The summed E-state index contributed by atoms with van der Waals surface area (Å²) in [5.41, 5.74) is 3.56. The monoisotopic (exact) mass is 563 g/mol. The van der Waals surface area contributed by atoms with Crippen LogP contribution < -0.4 is 21.1 Å². The first-order valence-corrected chi connectivity index (χ1v) is 13.9. The Morgan fingerprint density at radius 3 is 2.50 bits per heavy atom. The lowest BCUT2D eigenvalue weighted by molar-refractivity contribution is -0.135. The minimum absolute atomic E-state index is 0.0430. The van der Waals surface area contributed by atoms with Crippen LogP contribution in [0.4, 0.5) is 11.4 Å². The number of hydrogen-bond acceptors (Lipinski definition) is 6. The van der Waals surface area contributed by atoms with Crippen LogP contribution in [0.1, 0.15) is 65.5 Å². The topological polar surface area (TPSA) is 130 Å². The number of fused-ring (bicyclic) bond motifs is 2. The Kier molecular flexibility index (Phi) is 6.89. The number of nitrogens with zero attached hydrogens (tertiary/aromatic N) is 3. The van der Waals surface area contributed by atoms with Crippen LogP contribution >= 0.6 is 0 Å². The Labute approximate surface area is 241 Å². The van der Waals surface area contributed by atoms with Crippen LogP contribution in [0.2, 0.25) is 0 Å². The molecule has 10 heteroatoms. The second-order valence-electron chi connectivity index (χ2n) is 10.6. The summed E-state index contributed by atoms with van der Waals surface area (Å²) < 4.78 is 1.32. The zero-order chi connectivity index (χ0) is 29.5. The number of carbonyl (C=O) groups excluding carboxylic acids is 4. The molecular weight excluding hydrogens is 534 g/mol. The van der Waals surface area contributed by atoms with E-state index in [-0.39, 0.29) is 35.9 Å². The molecule has 2 aliphatic rings. The molecule has 0 saturated carbocycles. The maximum Gasteiger partial charge on any atom is 0.262 e. The number of amides is 4. The number of rotatable bonds is 6. The van der Waals surface area contributed by atoms with Crippen molar-refractivity contribution in [2.75, 3.05) is 10.2 Å². The average molecular weight is 564 g/mol. The van der Waals surface area contributed by atoms with Crippen molar-refractivity contribution < 1.29 is 19.2 Å². The van der Waals surface area contributed by atoms with Crippen molar-refractivity contribution in [1.82, 2.24) is 14.9 Å². The van der Waals surface area contributed by atoms with Gasteiger partial charge in [0.15, 0.2) is 0 Å². The highest BCUT2D eigenvalue weighted by molar-refractivity contribution is 6.10. The van der Waals surface area contributed by atoms with Gasteiger partial charge in [0.05, 0.1) is 23.5 Å². The fraction of sp³-hybridized carbons (Fsp3) is 0.250. The van der Waals surface area contributed by atoms with Crippen LogP contribution in [0, 0.1) is 6.92 Å². The number of hydrogen-bond donors (Lipinski definition) is 2. The average Bonchev–Trinajstić information content (AvgIpc) is 3.31. The molecule has 4 amide bonds. The third kappa shape index (κ3) is 4.64. The molecule has 6 rings (SSSR count). The van der Waals surface area contributed by atoms with Gasteiger partial charge in [-0.05, 0) is 61.2 Å². The number of para-hydroxylation sites is 1. The Balaban J connectivity index is 1.24. The number of aryl methyl sites for hydroxylation is 1. The minimum Gasteiger partial charge on any atom is -0.324 e. The van der Waals surface area contributed by atoms with Gasteiger partial charge in [-0.1, -0.05) is 43.3 Å². The van der Waals surface area contributed by atoms with Gasteiger partial charge in [-0.15, -0.1) is 0 Å². The van der Waals surface area contributed by atoms with Crippen molar-refractivity contribution >= 4 is 45.9 Å². The van der Waals surface area contributed by atoms with Crippen molar-refractivity contribution in [3.05, 3.63) is 99.6 Å². The molecule has 0 aliphatic carbocycles. The summed E-state index contributed by atoms with van der Waals surface area (Å²) in [6, 6.07) is 19.1. The van der Waals surface area contributed by atoms with Crippen LogP contribution in [0.5, 0.6) is 0 Å². The van der Waals surface area contributed by atoms with Gasteiger partial charge in [0.2, 0.25) is 17.7 Å². The quantitative estimate of drug-likeness (QED) is 0.342. The number of nitrogens with one attached hydrogen (secondary N) is 2. The van der Waals surface area contributed by atoms with E-state index in [4.69, 9.17) is 0 Å². The maximum absolute atomic E-state index is 13.5. The summed E-state index contributed by atoms with van der Waals surface area (Å²) in [6.07, 6.45) is 0.876. The number of imide groups is 1. The molecule has 10 nitrogen and oxygen atoms in total. The number of benzene rings is 3. The Bertz CT molecular complexity index is 1830. The molecule has 0 bridgehead atoms. The van der Waals surface area contributed by atoms with E-state index in [2.05, 4.69) is 15.6 Å². The molecule has 2 unspecified atom stereocenters. The molecular formula is C32H29N5O5. The van der Waals surface area contributed by atoms with E-state index in [1.807, 2.05) is 55.5 Å². The van der Waals surface area contributed by atoms with Crippen LogP contribution in [0.3, 0.4) is 0 Å². The van der Waals surface area contributed by atoms with Crippen molar-refractivity contribution in [1.29, 1.82) is 0 Å². The second-order valence-corrected chi connectivity index (χ2v) is 10.6. The highest BCUT2D eigenvalue weighted by atomic mass is 16.2. The van der Waals surface area contributed by atoms with Gasteiger partial charge in [-0.25, -0.2) is 4.98 Å². The van der Waals surface area contributed by atoms with Gasteiger partial charge in [-0.2, -0.15) is 0 Å². The minimum atomic E-state index is -0.831. The lowest BCUT2D eigenvalue weighted by atomic mass is 9.95. The van der Waals surface area contributed by atoms with E-state index in [1.165, 1.54) is 4.57 Å². The molecule has 212 valence electrons. The fourth-order valence-corrected chi connectivity index (χ4v) is 5.87. The molecule has 2 atom stereocenters. The third-order valence-corrected chi connectivity index (χ3v) is 8.04. The first-order chi connectivity index (χ1) is 20.3. The van der Waals surface area contributed by atoms with Gasteiger partial charge in [0.1, 0.15) is 17.4 Å².